The maximum absolute atomic E-state index is 9.60. The van der Waals surface area contributed by atoms with Crippen molar-refractivity contribution in [3.8, 4) is 0 Å². The van der Waals surface area contributed by atoms with E-state index in [2.05, 4.69) is 6.58 Å². The molecule has 0 aromatic carbocycles. The van der Waals surface area contributed by atoms with Crippen LogP contribution in [0.25, 0.3) is 0 Å². The number of nitrogens with two attached hydrogens (primary N) is 1. The smallest absolute Gasteiger partial charge is 0.466 e. The molecule has 0 aliphatic heterocycles. The molecule has 0 aromatic rings. The van der Waals surface area contributed by atoms with Crippen LogP contribution in [0.2, 0.25) is 0 Å². The van der Waals surface area contributed by atoms with Gasteiger partial charge in [-0.2, -0.15) is 0 Å². The molecule has 0 aromatic heterocycles. The summed E-state index contributed by atoms with van der Waals surface area (Å²) in [6.45, 7) is 5.07. The molecule has 0 fully saturated rings. The van der Waals surface area contributed by atoms with Gasteiger partial charge in [0.05, 0.1) is 6.61 Å². The van der Waals surface area contributed by atoms with Gasteiger partial charge in [0.25, 0.3) is 0 Å². The molecular formula is C6H16NO7P. The Morgan fingerprint density at radius 1 is 1.40 bits per heavy atom. The fourth-order valence-corrected chi connectivity index (χ4v) is 0. The summed E-state index contributed by atoms with van der Waals surface area (Å²) in [4.78, 5) is 31.2. The van der Waals surface area contributed by atoms with Crippen molar-refractivity contribution in [2.24, 2.45) is 5.73 Å². The molecule has 0 aliphatic rings. The Balaban J connectivity index is -0.000000147. The summed E-state index contributed by atoms with van der Waals surface area (Å²) in [5.41, 5.74) is 4.95. The Hall–Kier alpha value is -0.760. The Morgan fingerprint density at radius 2 is 1.53 bits per heavy atom. The molecular weight excluding hydrogens is 229 g/mol. The van der Waals surface area contributed by atoms with Crippen LogP contribution in [0.5, 0.6) is 0 Å². The quantitative estimate of drug-likeness (QED) is 0.257. The van der Waals surface area contributed by atoms with Crippen LogP contribution < -0.4 is 5.73 Å². The van der Waals surface area contributed by atoms with E-state index in [1.807, 2.05) is 0 Å². The van der Waals surface area contributed by atoms with E-state index in [0.717, 1.165) is 0 Å². The Labute approximate surface area is 86.9 Å². The number of phosphoric acid groups is 1. The summed E-state index contributed by atoms with van der Waals surface area (Å²) in [5, 5.41) is 15.6. The van der Waals surface area contributed by atoms with Crippen LogP contribution in [0.15, 0.2) is 12.2 Å². The van der Waals surface area contributed by atoms with Crippen LogP contribution in [-0.4, -0.2) is 44.0 Å². The summed E-state index contributed by atoms with van der Waals surface area (Å²) in [7, 11) is -4.64. The van der Waals surface area contributed by atoms with Gasteiger partial charge in [-0.1, -0.05) is 6.58 Å². The monoisotopic (exact) mass is 245 g/mol. The van der Waals surface area contributed by atoms with Gasteiger partial charge in [0, 0.05) is 12.1 Å². The van der Waals surface area contributed by atoms with E-state index in [-0.39, 0.29) is 12.2 Å². The first-order chi connectivity index (χ1) is 6.56. The highest BCUT2D eigenvalue weighted by Crippen LogP contribution is 2.25. The topological polar surface area (TPSA) is 161 Å². The largest absolute Gasteiger partial charge is 0.478 e. The van der Waals surface area contributed by atoms with E-state index in [1.54, 1.807) is 0 Å². The maximum Gasteiger partial charge on any atom is 0.466 e. The Bertz CT molecular complexity index is 201. The fraction of sp³-hybridized carbons (Fsp3) is 0.500. The van der Waals surface area contributed by atoms with Crippen LogP contribution in [0.3, 0.4) is 0 Å². The number of aliphatic carboxylic acids is 1. The molecule has 0 saturated heterocycles. The second-order valence-corrected chi connectivity index (χ2v) is 3.14. The molecule has 92 valence electrons. The van der Waals surface area contributed by atoms with E-state index in [4.69, 9.17) is 35.2 Å². The highest BCUT2D eigenvalue weighted by Gasteiger charge is 2.00. The molecule has 15 heavy (non-hydrogen) atoms. The van der Waals surface area contributed by atoms with Gasteiger partial charge in [0.15, 0.2) is 0 Å². The number of hydrogen-bond acceptors (Lipinski definition) is 4. The standard InChI is InChI=1S/C4H6O2.C2H7NO.H3O4P/c1-3(2)4(5)6;3-1-2-4;1-5(2,3)4/h1H2,2H3,(H,5,6);4H,1-3H2;(H3,1,2,3,4). The first kappa shape index (κ1) is 19.8. The van der Waals surface area contributed by atoms with Crippen LogP contribution in [0.1, 0.15) is 6.92 Å². The molecule has 0 rings (SSSR count). The third-order valence-corrected chi connectivity index (χ3v) is 0.494. The Kier molecular flexibility index (Phi) is 14.9. The minimum atomic E-state index is -4.64. The predicted molar refractivity (Wildman–Crippen MR) is 52.9 cm³/mol. The lowest BCUT2D eigenvalue weighted by molar-refractivity contribution is -0.132. The van der Waals surface area contributed by atoms with Crippen molar-refractivity contribution in [2.75, 3.05) is 13.2 Å². The van der Waals surface area contributed by atoms with Gasteiger partial charge in [-0.05, 0) is 6.92 Å². The second-order valence-electron chi connectivity index (χ2n) is 2.11. The van der Waals surface area contributed by atoms with Gasteiger partial charge < -0.3 is 30.6 Å². The van der Waals surface area contributed by atoms with Gasteiger partial charge in [-0.3, -0.25) is 0 Å². The van der Waals surface area contributed by atoms with Crippen molar-refractivity contribution in [2.45, 2.75) is 6.92 Å². The first-order valence-electron chi connectivity index (χ1n) is 3.54. The molecule has 0 amide bonds. The number of aliphatic hydroxyl groups is 1. The van der Waals surface area contributed by atoms with E-state index in [0.29, 0.717) is 6.54 Å². The molecule has 0 spiro atoms. The normalized spacial score (nSPS) is 8.93. The van der Waals surface area contributed by atoms with Crippen molar-refractivity contribution in [3.05, 3.63) is 12.2 Å². The Morgan fingerprint density at radius 3 is 1.53 bits per heavy atom. The zero-order valence-electron chi connectivity index (χ0n) is 8.20. The number of carboxylic acids is 1. The lowest BCUT2D eigenvalue weighted by Crippen LogP contribution is -2.02. The number of hydrogen-bond donors (Lipinski definition) is 6. The molecule has 0 atom stereocenters. The van der Waals surface area contributed by atoms with E-state index in [1.165, 1.54) is 6.92 Å². The molecule has 8 nitrogen and oxygen atoms in total. The average Bonchev–Trinajstić information content (AvgIpc) is 2.01. The van der Waals surface area contributed by atoms with Crippen molar-refractivity contribution in [3.63, 3.8) is 0 Å². The number of rotatable bonds is 2. The van der Waals surface area contributed by atoms with Crippen LogP contribution in [0, 0.1) is 0 Å². The van der Waals surface area contributed by atoms with Gasteiger partial charge in [0.2, 0.25) is 0 Å². The van der Waals surface area contributed by atoms with Gasteiger partial charge >= 0.3 is 13.8 Å². The predicted octanol–water partition coefficient (Wildman–Crippen LogP) is -1.34. The molecule has 0 unspecified atom stereocenters. The second kappa shape index (κ2) is 11.3. The summed E-state index contributed by atoms with van der Waals surface area (Å²) < 4.78 is 8.88. The fourth-order valence-electron chi connectivity index (χ4n) is 0. The van der Waals surface area contributed by atoms with Crippen LogP contribution in [0.4, 0.5) is 0 Å². The minimum Gasteiger partial charge on any atom is -0.478 e. The number of carbonyl (C=O) groups is 1. The molecule has 0 aliphatic carbocycles. The highest BCUT2D eigenvalue weighted by molar-refractivity contribution is 7.45. The van der Waals surface area contributed by atoms with E-state index in [9.17, 15) is 4.79 Å². The molecule has 0 saturated carbocycles. The number of aliphatic hydroxyl groups excluding tert-OH is 1. The molecule has 0 heterocycles. The average molecular weight is 245 g/mol. The number of carboxylic acid groups (broad SMARTS) is 1. The van der Waals surface area contributed by atoms with Gasteiger partial charge in [-0.25, -0.2) is 9.36 Å². The highest BCUT2D eigenvalue weighted by atomic mass is 31.2. The summed E-state index contributed by atoms with van der Waals surface area (Å²) in [6, 6.07) is 0. The first-order valence-corrected chi connectivity index (χ1v) is 5.10. The molecule has 7 N–H and O–H groups in total. The zero-order chi connectivity index (χ0) is 13.1. The summed E-state index contributed by atoms with van der Waals surface area (Å²) >= 11 is 0. The van der Waals surface area contributed by atoms with Gasteiger partial charge in [0.1, 0.15) is 0 Å². The van der Waals surface area contributed by atoms with Crippen molar-refractivity contribution in [1.29, 1.82) is 0 Å². The third kappa shape index (κ3) is 93.0. The molecule has 9 heteroatoms. The SMILES string of the molecule is C=C(C)C(=O)O.NCCO.O=P(O)(O)O. The van der Waals surface area contributed by atoms with Crippen LogP contribution in [-0.2, 0) is 9.36 Å². The van der Waals surface area contributed by atoms with Crippen molar-refractivity contribution < 1.29 is 34.3 Å². The third-order valence-electron chi connectivity index (χ3n) is 0.494. The maximum atomic E-state index is 9.60. The van der Waals surface area contributed by atoms with Crippen LogP contribution >= 0.6 is 7.82 Å². The van der Waals surface area contributed by atoms with E-state index < -0.39 is 13.8 Å². The molecule has 0 radical (unpaired) electrons. The summed E-state index contributed by atoms with van der Waals surface area (Å²) in [6.07, 6.45) is 0. The minimum absolute atomic E-state index is 0.0972. The zero-order valence-corrected chi connectivity index (χ0v) is 9.09. The lowest BCUT2D eigenvalue weighted by Gasteiger charge is -1.82. The lowest BCUT2D eigenvalue weighted by atomic mass is 10.4. The summed E-state index contributed by atoms with van der Waals surface area (Å²) in [5.74, 6) is -0.935. The van der Waals surface area contributed by atoms with Crippen molar-refractivity contribution in [1.82, 2.24) is 0 Å². The van der Waals surface area contributed by atoms with Gasteiger partial charge in [-0.15, -0.1) is 0 Å². The van der Waals surface area contributed by atoms with Crippen molar-refractivity contribution >= 4 is 13.8 Å². The molecule has 0 bridgehead atoms. The van der Waals surface area contributed by atoms with E-state index >= 15 is 0 Å².